The molecule has 0 amide bonds. The Kier molecular flexibility index (Phi) is 4.88. The zero-order chi connectivity index (χ0) is 13.0. The van der Waals surface area contributed by atoms with Crippen LogP contribution in [0.5, 0.6) is 0 Å². The molecule has 1 aromatic carbocycles. The van der Waals surface area contributed by atoms with Gasteiger partial charge < -0.3 is 4.74 Å². The number of ether oxygens (including phenoxy) is 1. The summed E-state index contributed by atoms with van der Waals surface area (Å²) in [5, 5.41) is 0. The Morgan fingerprint density at radius 2 is 1.71 bits per heavy atom. The molecule has 0 saturated carbocycles. The van der Waals surface area contributed by atoms with Gasteiger partial charge in [-0.1, -0.05) is 13.0 Å². The van der Waals surface area contributed by atoms with Crippen LogP contribution in [-0.4, -0.2) is 18.5 Å². The fourth-order valence-electron chi connectivity index (χ4n) is 1.98. The lowest BCUT2D eigenvalue weighted by Gasteiger charge is -2.16. The molecule has 17 heavy (non-hydrogen) atoms. The Balaban J connectivity index is 3.07. The van der Waals surface area contributed by atoms with Crippen LogP contribution in [0.25, 0.3) is 0 Å². The van der Waals surface area contributed by atoms with Crippen LogP contribution in [0.3, 0.4) is 0 Å². The lowest BCUT2D eigenvalue weighted by Crippen LogP contribution is -2.24. The lowest BCUT2D eigenvalue weighted by molar-refractivity contribution is 0.0443. The summed E-state index contributed by atoms with van der Waals surface area (Å²) in [7, 11) is 0. The van der Waals surface area contributed by atoms with Crippen LogP contribution in [0.4, 0.5) is 0 Å². The third-order valence-corrected chi connectivity index (χ3v) is 3.14. The van der Waals surface area contributed by atoms with Gasteiger partial charge in [0.05, 0.1) is 0 Å². The van der Waals surface area contributed by atoms with Gasteiger partial charge in [0.15, 0.2) is 5.78 Å². The molecule has 0 aliphatic rings. The van der Waals surface area contributed by atoms with Crippen LogP contribution in [0.15, 0.2) is 12.1 Å². The van der Waals surface area contributed by atoms with E-state index in [-0.39, 0.29) is 11.9 Å². The molecule has 2 nitrogen and oxygen atoms in total. The van der Waals surface area contributed by atoms with Crippen molar-refractivity contribution in [2.45, 2.75) is 47.1 Å². The maximum absolute atomic E-state index is 12.3. The summed E-state index contributed by atoms with van der Waals surface area (Å²) < 4.78 is 5.48. The van der Waals surface area contributed by atoms with Crippen molar-refractivity contribution in [1.29, 1.82) is 0 Å². The second-order valence-corrected chi connectivity index (χ2v) is 4.47. The molecule has 0 aliphatic heterocycles. The second kappa shape index (κ2) is 5.97. The van der Waals surface area contributed by atoms with E-state index in [4.69, 9.17) is 4.74 Å². The molecule has 1 atom stereocenters. The van der Waals surface area contributed by atoms with Crippen LogP contribution in [-0.2, 0) is 4.74 Å². The highest BCUT2D eigenvalue weighted by molar-refractivity contribution is 6.00. The molecule has 0 aromatic heterocycles. The van der Waals surface area contributed by atoms with E-state index in [1.807, 2.05) is 33.8 Å². The summed E-state index contributed by atoms with van der Waals surface area (Å²) in [6, 6.07) is 4.05. The second-order valence-electron chi connectivity index (χ2n) is 4.47. The van der Waals surface area contributed by atoms with Crippen molar-refractivity contribution >= 4 is 5.78 Å². The quantitative estimate of drug-likeness (QED) is 0.727. The zero-order valence-corrected chi connectivity index (χ0v) is 11.5. The van der Waals surface area contributed by atoms with E-state index in [0.29, 0.717) is 6.61 Å². The predicted octanol–water partition coefficient (Wildman–Crippen LogP) is 3.61. The normalized spacial score (nSPS) is 12.5. The van der Waals surface area contributed by atoms with E-state index >= 15 is 0 Å². The van der Waals surface area contributed by atoms with Crippen molar-refractivity contribution in [3.05, 3.63) is 34.4 Å². The van der Waals surface area contributed by atoms with Crippen LogP contribution in [0.2, 0.25) is 0 Å². The molecular formula is C15H22O2. The average Bonchev–Trinajstić information content (AvgIpc) is 2.30. The van der Waals surface area contributed by atoms with E-state index in [1.54, 1.807) is 0 Å². The van der Waals surface area contributed by atoms with Crippen LogP contribution in [0.1, 0.15) is 47.3 Å². The van der Waals surface area contributed by atoms with Crippen molar-refractivity contribution in [3.63, 3.8) is 0 Å². The number of hydrogen-bond donors (Lipinski definition) is 0. The summed E-state index contributed by atoms with van der Waals surface area (Å²) in [6.07, 6.45) is 0.416. The summed E-state index contributed by atoms with van der Waals surface area (Å²) in [5.41, 5.74) is 4.22. The minimum atomic E-state index is -0.305. The molecule has 0 bridgehead atoms. The first-order valence-electron chi connectivity index (χ1n) is 6.24. The lowest BCUT2D eigenvalue weighted by atomic mass is 9.95. The first-order valence-corrected chi connectivity index (χ1v) is 6.24. The van der Waals surface area contributed by atoms with Crippen molar-refractivity contribution < 1.29 is 9.53 Å². The highest BCUT2D eigenvalue weighted by Gasteiger charge is 2.20. The first kappa shape index (κ1) is 13.9. The average molecular weight is 234 g/mol. The summed E-state index contributed by atoms with van der Waals surface area (Å²) >= 11 is 0. The number of ketones is 1. The topological polar surface area (TPSA) is 26.3 Å². The van der Waals surface area contributed by atoms with Gasteiger partial charge in [0.1, 0.15) is 6.10 Å². The third-order valence-electron chi connectivity index (χ3n) is 3.14. The van der Waals surface area contributed by atoms with Gasteiger partial charge in [-0.15, -0.1) is 0 Å². The monoisotopic (exact) mass is 234 g/mol. The van der Waals surface area contributed by atoms with Gasteiger partial charge in [0.25, 0.3) is 0 Å². The Labute approximate surface area is 104 Å². The largest absolute Gasteiger partial charge is 0.370 e. The van der Waals surface area contributed by atoms with Gasteiger partial charge in [-0.2, -0.15) is 0 Å². The molecule has 94 valence electrons. The van der Waals surface area contributed by atoms with Gasteiger partial charge in [-0.25, -0.2) is 0 Å². The van der Waals surface area contributed by atoms with Gasteiger partial charge >= 0.3 is 0 Å². The molecule has 0 saturated heterocycles. The molecule has 1 rings (SSSR count). The number of benzene rings is 1. The minimum absolute atomic E-state index is 0.106. The number of carbonyl (C=O) groups excluding carboxylic acids is 1. The number of rotatable bonds is 5. The van der Waals surface area contributed by atoms with Crippen molar-refractivity contribution in [2.24, 2.45) is 0 Å². The Morgan fingerprint density at radius 3 is 2.24 bits per heavy atom. The standard InChI is InChI=1S/C15H22O2/c1-6-14(17-7-2)15(16)13-9-11(4)10(3)8-12(13)5/h8-9,14H,6-7H2,1-5H3. The van der Waals surface area contributed by atoms with Gasteiger partial charge in [0, 0.05) is 12.2 Å². The van der Waals surface area contributed by atoms with Crippen molar-refractivity contribution in [3.8, 4) is 0 Å². The van der Waals surface area contributed by atoms with Crippen LogP contribution < -0.4 is 0 Å². The maximum atomic E-state index is 12.3. The van der Waals surface area contributed by atoms with Crippen molar-refractivity contribution in [1.82, 2.24) is 0 Å². The van der Waals surface area contributed by atoms with Gasteiger partial charge in [-0.05, 0) is 56.9 Å². The summed E-state index contributed by atoms with van der Waals surface area (Å²) in [4.78, 5) is 12.3. The molecule has 0 radical (unpaired) electrons. The Hall–Kier alpha value is -1.15. The molecule has 0 spiro atoms. The molecule has 1 unspecified atom stereocenters. The van der Waals surface area contributed by atoms with E-state index in [1.165, 1.54) is 5.56 Å². The SMILES string of the molecule is CCOC(CC)C(=O)c1cc(C)c(C)cc1C. The van der Waals surface area contributed by atoms with Gasteiger partial charge in [-0.3, -0.25) is 4.79 Å². The summed E-state index contributed by atoms with van der Waals surface area (Å²) in [6.45, 7) is 10.6. The van der Waals surface area contributed by atoms with E-state index < -0.39 is 0 Å². The number of carbonyl (C=O) groups is 1. The Morgan fingerprint density at radius 1 is 1.12 bits per heavy atom. The fourth-order valence-corrected chi connectivity index (χ4v) is 1.98. The van der Waals surface area contributed by atoms with E-state index in [0.717, 1.165) is 23.1 Å². The molecule has 1 aromatic rings. The molecule has 0 fully saturated rings. The van der Waals surface area contributed by atoms with E-state index in [9.17, 15) is 4.79 Å². The van der Waals surface area contributed by atoms with Gasteiger partial charge in [0.2, 0.25) is 0 Å². The highest BCUT2D eigenvalue weighted by Crippen LogP contribution is 2.18. The minimum Gasteiger partial charge on any atom is -0.370 e. The fraction of sp³-hybridized carbons (Fsp3) is 0.533. The van der Waals surface area contributed by atoms with Crippen molar-refractivity contribution in [2.75, 3.05) is 6.61 Å². The Bertz CT molecular complexity index is 408. The molecular weight excluding hydrogens is 212 g/mol. The molecule has 0 heterocycles. The van der Waals surface area contributed by atoms with Crippen LogP contribution >= 0.6 is 0 Å². The molecule has 2 heteroatoms. The highest BCUT2D eigenvalue weighted by atomic mass is 16.5. The zero-order valence-electron chi connectivity index (χ0n) is 11.5. The molecule has 0 N–H and O–H groups in total. The van der Waals surface area contributed by atoms with E-state index in [2.05, 4.69) is 13.0 Å². The third kappa shape index (κ3) is 3.16. The maximum Gasteiger partial charge on any atom is 0.191 e. The number of Topliss-reactive ketones (excluding diaryl/α,β-unsaturated/α-hetero) is 1. The number of hydrogen-bond acceptors (Lipinski definition) is 2. The molecule has 0 aliphatic carbocycles. The summed E-state index contributed by atoms with van der Waals surface area (Å²) in [5.74, 6) is 0.106. The predicted molar refractivity (Wildman–Crippen MR) is 70.7 cm³/mol. The smallest absolute Gasteiger partial charge is 0.191 e. The number of aryl methyl sites for hydroxylation is 3. The van der Waals surface area contributed by atoms with Crippen LogP contribution in [0, 0.1) is 20.8 Å². The first-order chi connectivity index (χ1) is 8.01.